The van der Waals surface area contributed by atoms with Crippen molar-refractivity contribution >= 4 is 21.9 Å². The fourth-order valence-corrected chi connectivity index (χ4v) is 4.37. The molecule has 1 N–H and O–H groups in total. The van der Waals surface area contributed by atoms with E-state index in [0.717, 1.165) is 3.92 Å². The van der Waals surface area contributed by atoms with Crippen LogP contribution < -0.4 is 21.2 Å². The van der Waals surface area contributed by atoms with E-state index in [9.17, 15) is 4.79 Å². The number of halogens is 2. The molecule has 0 spiro atoms. The molecular weight excluding hydrogens is 359 g/mol. The van der Waals surface area contributed by atoms with Gasteiger partial charge in [0, 0.05) is 0 Å². The Balaban J connectivity index is 2.24. The van der Waals surface area contributed by atoms with E-state index in [0.29, 0.717) is 10.0 Å². The van der Waals surface area contributed by atoms with Gasteiger partial charge < -0.3 is 0 Å². The Hall–Kier alpha value is -0.100. The van der Waals surface area contributed by atoms with Gasteiger partial charge in [0.15, 0.2) is 0 Å². The van der Waals surface area contributed by atoms with Crippen molar-refractivity contribution in [2.75, 3.05) is 0 Å². The SMILES string of the molecule is O=C(O)c1cc([I-]C2CC2)ccc1Br. The molecule has 1 aliphatic carbocycles. The van der Waals surface area contributed by atoms with Gasteiger partial charge >= 0.3 is 102 Å². The second-order valence-corrected chi connectivity index (χ2v) is 7.70. The summed E-state index contributed by atoms with van der Waals surface area (Å²) in [6, 6.07) is 5.71. The molecule has 76 valence electrons. The van der Waals surface area contributed by atoms with Crippen LogP contribution in [0.15, 0.2) is 22.7 Å². The normalized spacial score (nSPS) is 15.8. The fourth-order valence-electron chi connectivity index (χ4n) is 1.08. The molecule has 0 heterocycles. The van der Waals surface area contributed by atoms with E-state index < -0.39 is 5.97 Å². The summed E-state index contributed by atoms with van der Waals surface area (Å²) < 4.78 is 2.82. The topological polar surface area (TPSA) is 37.3 Å². The number of carbonyl (C=O) groups is 1. The van der Waals surface area contributed by atoms with Crippen molar-refractivity contribution in [3.8, 4) is 0 Å². The number of aromatic carboxylic acids is 1. The zero-order valence-electron chi connectivity index (χ0n) is 7.34. The van der Waals surface area contributed by atoms with E-state index in [4.69, 9.17) is 5.11 Å². The molecule has 0 bridgehead atoms. The summed E-state index contributed by atoms with van der Waals surface area (Å²) in [5.74, 6) is -0.849. The minimum absolute atomic E-state index is 0.0390. The molecule has 0 radical (unpaired) electrons. The van der Waals surface area contributed by atoms with Gasteiger partial charge in [-0.2, -0.15) is 0 Å². The van der Waals surface area contributed by atoms with E-state index in [1.165, 1.54) is 16.4 Å². The van der Waals surface area contributed by atoms with E-state index in [1.807, 2.05) is 18.2 Å². The molecule has 1 fully saturated rings. The Morgan fingerprint density at radius 3 is 2.79 bits per heavy atom. The second-order valence-electron chi connectivity index (χ2n) is 3.21. The van der Waals surface area contributed by atoms with E-state index in [-0.39, 0.29) is 21.2 Å². The number of rotatable bonds is 3. The summed E-state index contributed by atoms with van der Waals surface area (Å²) >= 11 is 3.28. The molecule has 0 aliphatic heterocycles. The van der Waals surface area contributed by atoms with Crippen molar-refractivity contribution in [1.29, 1.82) is 0 Å². The van der Waals surface area contributed by atoms with Crippen LogP contribution in [0.4, 0.5) is 0 Å². The maximum atomic E-state index is 10.9. The fraction of sp³-hybridized carbons (Fsp3) is 0.300. The Labute approximate surface area is 101 Å². The number of hydrogen-bond acceptors (Lipinski definition) is 1. The molecule has 1 aromatic carbocycles. The first kappa shape index (κ1) is 10.4. The third kappa shape index (κ3) is 2.48. The molecule has 4 heteroatoms. The molecule has 0 unspecified atom stereocenters. The summed E-state index contributed by atoms with van der Waals surface area (Å²) in [6.07, 6.45) is 2.68. The third-order valence-corrected chi connectivity index (χ3v) is 6.15. The van der Waals surface area contributed by atoms with Gasteiger partial charge in [-0.25, -0.2) is 0 Å². The Morgan fingerprint density at radius 2 is 2.21 bits per heavy atom. The molecule has 1 aromatic rings. The van der Waals surface area contributed by atoms with Crippen molar-refractivity contribution < 1.29 is 31.1 Å². The molecule has 14 heavy (non-hydrogen) atoms. The van der Waals surface area contributed by atoms with E-state index >= 15 is 0 Å². The van der Waals surface area contributed by atoms with Gasteiger partial charge in [-0.15, -0.1) is 0 Å². The second kappa shape index (κ2) is 4.18. The number of alkyl halides is 1. The predicted molar refractivity (Wildman–Crippen MR) is 52.8 cm³/mol. The van der Waals surface area contributed by atoms with Crippen molar-refractivity contribution in [1.82, 2.24) is 0 Å². The third-order valence-electron chi connectivity index (χ3n) is 1.95. The molecule has 0 atom stereocenters. The van der Waals surface area contributed by atoms with Gasteiger partial charge in [-0.05, 0) is 0 Å². The van der Waals surface area contributed by atoms with Crippen LogP contribution in [0.25, 0.3) is 0 Å². The van der Waals surface area contributed by atoms with Crippen molar-refractivity contribution in [2.24, 2.45) is 0 Å². The van der Waals surface area contributed by atoms with Gasteiger partial charge in [0.05, 0.1) is 0 Å². The maximum absolute atomic E-state index is 10.9. The summed E-state index contributed by atoms with van der Waals surface area (Å²) in [5.41, 5.74) is 0.392. The van der Waals surface area contributed by atoms with Gasteiger partial charge in [0.2, 0.25) is 0 Å². The molecule has 1 saturated carbocycles. The minimum atomic E-state index is -0.849. The average Bonchev–Trinajstić information content (AvgIpc) is 2.92. The van der Waals surface area contributed by atoms with Gasteiger partial charge in [-0.3, -0.25) is 0 Å². The van der Waals surface area contributed by atoms with Crippen LogP contribution in [-0.4, -0.2) is 15.0 Å². The van der Waals surface area contributed by atoms with Crippen molar-refractivity contribution in [3.05, 3.63) is 31.8 Å². The Kier molecular flexibility index (Phi) is 3.11. The van der Waals surface area contributed by atoms with Gasteiger partial charge in [-0.1, -0.05) is 0 Å². The van der Waals surface area contributed by atoms with Crippen LogP contribution in [0.2, 0.25) is 0 Å². The zero-order chi connectivity index (χ0) is 10.1. The monoisotopic (exact) mass is 367 g/mol. The quantitative estimate of drug-likeness (QED) is 0.581. The number of carboxylic acid groups (broad SMARTS) is 1. The Morgan fingerprint density at radius 1 is 1.50 bits per heavy atom. The average molecular weight is 368 g/mol. The van der Waals surface area contributed by atoms with Crippen LogP contribution in [0.1, 0.15) is 23.2 Å². The summed E-state index contributed by atoms with van der Waals surface area (Å²) in [5, 5.41) is 8.92. The van der Waals surface area contributed by atoms with Crippen molar-refractivity contribution in [3.63, 3.8) is 0 Å². The first-order chi connectivity index (χ1) is 6.66. The number of hydrogen-bond donors (Lipinski definition) is 1. The first-order valence-electron chi connectivity index (χ1n) is 4.33. The molecular formula is C10H9BrIO2-. The van der Waals surface area contributed by atoms with E-state index in [1.54, 1.807) is 0 Å². The number of benzene rings is 1. The molecule has 0 saturated heterocycles. The molecule has 1 aliphatic rings. The van der Waals surface area contributed by atoms with Crippen LogP contribution in [0.5, 0.6) is 0 Å². The molecule has 0 aromatic heterocycles. The van der Waals surface area contributed by atoms with Gasteiger partial charge in [0.1, 0.15) is 0 Å². The predicted octanol–water partition coefficient (Wildman–Crippen LogP) is -0.432. The van der Waals surface area contributed by atoms with Crippen molar-refractivity contribution in [2.45, 2.75) is 16.8 Å². The first-order valence-corrected chi connectivity index (χ1v) is 7.45. The molecule has 2 nitrogen and oxygen atoms in total. The van der Waals surface area contributed by atoms with E-state index in [2.05, 4.69) is 15.9 Å². The standard InChI is InChI=1S/C10H9BrIO2/c11-9-4-3-7(12-6-1-2-6)5-8(9)10(13)14/h3-6H,1-2H2,(H,13,14)/q-1. The van der Waals surface area contributed by atoms with Crippen LogP contribution >= 0.6 is 15.9 Å². The van der Waals surface area contributed by atoms with Crippen LogP contribution in [-0.2, 0) is 0 Å². The summed E-state index contributed by atoms with van der Waals surface area (Å²) in [7, 11) is 0. The zero-order valence-corrected chi connectivity index (χ0v) is 11.1. The molecule has 2 rings (SSSR count). The summed E-state index contributed by atoms with van der Waals surface area (Å²) in [4.78, 5) is 10.9. The van der Waals surface area contributed by atoms with Crippen LogP contribution in [0, 0.1) is 3.57 Å². The van der Waals surface area contributed by atoms with Gasteiger partial charge in [0.25, 0.3) is 0 Å². The molecule has 0 amide bonds. The number of carboxylic acids is 1. The summed E-state index contributed by atoms with van der Waals surface area (Å²) in [6.45, 7) is 0. The Bertz CT molecular complexity index is 374. The van der Waals surface area contributed by atoms with Crippen LogP contribution in [0.3, 0.4) is 0 Å².